The summed E-state index contributed by atoms with van der Waals surface area (Å²) in [5, 5.41) is 8.47. The van der Waals surface area contributed by atoms with Crippen molar-refractivity contribution < 1.29 is 9.90 Å². The Morgan fingerprint density at radius 2 is 2.20 bits per heavy atom. The Morgan fingerprint density at radius 1 is 1.60 bits per heavy atom. The number of hydrogen-bond donors (Lipinski definition) is 3. The molecule has 86 valence electrons. The van der Waals surface area contributed by atoms with Crippen LogP contribution >= 0.6 is 24.8 Å². The van der Waals surface area contributed by atoms with Crippen LogP contribution in [-0.2, 0) is 11.2 Å². The van der Waals surface area contributed by atoms with Crippen molar-refractivity contribution in [2.45, 2.75) is 12.5 Å². The summed E-state index contributed by atoms with van der Waals surface area (Å²) < 4.78 is 0. The van der Waals surface area contributed by atoms with Crippen molar-refractivity contribution in [3.05, 3.63) is 28.4 Å². The third-order valence-electron chi connectivity index (χ3n) is 1.48. The summed E-state index contributed by atoms with van der Waals surface area (Å²) in [4.78, 5) is 27.2. The maximum atomic E-state index is 10.8. The van der Waals surface area contributed by atoms with Crippen molar-refractivity contribution >= 4 is 30.8 Å². The first kappa shape index (κ1) is 16.3. The number of H-pyrrole nitrogens is 1. The van der Waals surface area contributed by atoms with Crippen LogP contribution in [0.25, 0.3) is 0 Å². The van der Waals surface area contributed by atoms with Gasteiger partial charge in [0.15, 0.2) is 0 Å². The molecule has 1 atom stereocenters. The molecule has 8 heteroatoms. The van der Waals surface area contributed by atoms with E-state index in [1.54, 1.807) is 0 Å². The maximum absolute atomic E-state index is 10.8. The lowest BCUT2D eigenvalue weighted by Gasteiger charge is -2.03. The molecule has 0 fully saturated rings. The number of hydrogen-bond acceptors (Lipinski definition) is 4. The molecule has 6 nitrogen and oxygen atoms in total. The molecule has 1 rings (SSSR count). The van der Waals surface area contributed by atoms with Crippen LogP contribution in [0.15, 0.2) is 17.2 Å². The first-order valence-electron chi connectivity index (χ1n) is 3.61. The highest BCUT2D eigenvalue weighted by molar-refractivity contribution is 5.85. The Hall–Kier alpha value is -1.11. The highest BCUT2D eigenvalue weighted by Crippen LogP contribution is 1.93. The van der Waals surface area contributed by atoms with Gasteiger partial charge >= 0.3 is 5.97 Å². The molecule has 0 aliphatic rings. The Bertz CT molecular complexity index is 368. The number of nitrogens with two attached hydrogens (primary N) is 1. The van der Waals surface area contributed by atoms with E-state index in [-0.39, 0.29) is 36.8 Å². The Kier molecular flexibility index (Phi) is 7.85. The number of nitrogens with zero attached hydrogens (tertiary/aromatic N) is 1. The number of halogens is 2. The first-order chi connectivity index (χ1) is 6.09. The highest BCUT2D eigenvalue weighted by Gasteiger charge is 2.12. The van der Waals surface area contributed by atoms with Crippen molar-refractivity contribution in [1.82, 2.24) is 9.97 Å². The molecule has 4 N–H and O–H groups in total. The van der Waals surface area contributed by atoms with Gasteiger partial charge in [0, 0.05) is 18.2 Å². The number of nitrogens with one attached hydrogen (secondary N) is 1. The zero-order chi connectivity index (χ0) is 9.84. The average molecular weight is 256 g/mol. The van der Waals surface area contributed by atoms with Gasteiger partial charge in [-0.2, -0.15) is 0 Å². The van der Waals surface area contributed by atoms with Crippen molar-refractivity contribution in [3.63, 3.8) is 0 Å². The summed E-state index contributed by atoms with van der Waals surface area (Å²) in [6.45, 7) is 0. The number of aromatic amines is 1. The van der Waals surface area contributed by atoms with E-state index in [2.05, 4.69) is 9.97 Å². The van der Waals surface area contributed by atoms with E-state index < -0.39 is 12.0 Å². The quantitative estimate of drug-likeness (QED) is 0.679. The Labute approximate surface area is 97.7 Å². The van der Waals surface area contributed by atoms with Gasteiger partial charge in [-0.1, -0.05) is 0 Å². The second kappa shape index (κ2) is 7.22. The van der Waals surface area contributed by atoms with Gasteiger partial charge < -0.3 is 15.8 Å². The van der Waals surface area contributed by atoms with Gasteiger partial charge in [-0.05, 0) is 0 Å². The monoisotopic (exact) mass is 255 g/mol. The molecule has 0 aliphatic heterocycles. The summed E-state index contributed by atoms with van der Waals surface area (Å²) in [7, 11) is 0. The van der Waals surface area contributed by atoms with Crippen molar-refractivity contribution in [2.24, 2.45) is 5.73 Å². The molecule has 0 aliphatic carbocycles. The molecule has 1 aromatic rings. The third-order valence-corrected chi connectivity index (χ3v) is 1.48. The van der Waals surface area contributed by atoms with Crippen LogP contribution < -0.4 is 11.3 Å². The highest BCUT2D eigenvalue weighted by atomic mass is 35.5. The van der Waals surface area contributed by atoms with Crippen LogP contribution in [0.2, 0.25) is 0 Å². The lowest BCUT2D eigenvalue weighted by atomic mass is 10.2. The number of aromatic nitrogens is 2. The van der Waals surface area contributed by atoms with Crippen molar-refractivity contribution in [2.75, 3.05) is 0 Å². The summed E-state index contributed by atoms with van der Waals surface area (Å²) in [5.74, 6) is -1.11. The summed E-state index contributed by atoms with van der Waals surface area (Å²) in [6.07, 6.45) is 1.27. The first-order valence-corrected chi connectivity index (χ1v) is 3.61. The van der Waals surface area contributed by atoms with Crippen LogP contribution in [0.1, 0.15) is 5.69 Å². The molecule has 0 bridgehead atoms. The number of rotatable bonds is 3. The molecule has 0 radical (unpaired) electrons. The van der Waals surface area contributed by atoms with Gasteiger partial charge in [0.1, 0.15) is 6.04 Å². The second-order valence-electron chi connectivity index (χ2n) is 2.55. The molecular weight excluding hydrogens is 245 g/mol. The maximum Gasteiger partial charge on any atom is 0.320 e. The van der Waals surface area contributed by atoms with Gasteiger partial charge in [0.25, 0.3) is 5.56 Å². The lowest BCUT2D eigenvalue weighted by molar-refractivity contribution is -0.138. The van der Waals surface area contributed by atoms with Crippen LogP contribution in [-0.4, -0.2) is 27.1 Å². The van der Waals surface area contributed by atoms with Crippen LogP contribution in [0, 0.1) is 0 Å². The van der Waals surface area contributed by atoms with Crippen LogP contribution in [0.3, 0.4) is 0 Å². The van der Waals surface area contributed by atoms with Gasteiger partial charge in [0.05, 0.1) is 6.33 Å². The molecule has 0 saturated heterocycles. The van der Waals surface area contributed by atoms with Gasteiger partial charge in [0.2, 0.25) is 0 Å². The average Bonchev–Trinajstić information content (AvgIpc) is 2.04. The van der Waals surface area contributed by atoms with E-state index in [1.165, 1.54) is 12.4 Å². The normalized spacial score (nSPS) is 10.7. The minimum absolute atomic E-state index is 0. The molecule has 15 heavy (non-hydrogen) atoms. The standard InChI is InChI=1S/C7H9N3O3.2ClH/c8-5(7(12)13)1-4-2-6(11)10-3-9-4;;/h2-3,5H,1,8H2,(H,12,13)(H,9,10,11);2*1H. The fraction of sp³-hybridized carbons (Fsp3) is 0.286. The number of carboxylic acid groups (broad SMARTS) is 1. The van der Waals surface area contributed by atoms with Crippen molar-refractivity contribution in [3.8, 4) is 0 Å². The van der Waals surface area contributed by atoms with Gasteiger partial charge in [-0.15, -0.1) is 24.8 Å². The van der Waals surface area contributed by atoms with E-state index in [0.717, 1.165) is 0 Å². The van der Waals surface area contributed by atoms with Crippen molar-refractivity contribution in [1.29, 1.82) is 0 Å². The smallest absolute Gasteiger partial charge is 0.320 e. The fourth-order valence-electron chi connectivity index (χ4n) is 0.833. The van der Waals surface area contributed by atoms with Gasteiger partial charge in [-0.25, -0.2) is 4.98 Å². The van der Waals surface area contributed by atoms with Crippen LogP contribution in [0.4, 0.5) is 0 Å². The molecular formula is C7H11Cl2N3O3. The van der Waals surface area contributed by atoms with E-state index in [1.807, 2.05) is 0 Å². The summed E-state index contributed by atoms with van der Waals surface area (Å²) in [5.41, 5.74) is 5.30. The number of carboxylic acids is 1. The molecule has 0 aromatic carbocycles. The zero-order valence-electron chi connectivity index (χ0n) is 7.54. The fourth-order valence-corrected chi connectivity index (χ4v) is 0.833. The number of aliphatic carboxylic acids is 1. The lowest BCUT2D eigenvalue weighted by Crippen LogP contribution is -2.32. The van der Waals surface area contributed by atoms with E-state index in [9.17, 15) is 9.59 Å². The van der Waals surface area contributed by atoms with E-state index in [0.29, 0.717) is 5.69 Å². The predicted molar refractivity (Wildman–Crippen MR) is 58.7 cm³/mol. The van der Waals surface area contributed by atoms with E-state index in [4.69, 9.17) is 10.8 Å². The van der Waals surface area contributed by atoms with Gasteiger partial charge in [-0.3, -0.25) is 9.59 Å². The van der Waals surface area contributed by atoms with Crippen LogP contribution in [0.5, 0.6) is 0 Å². The molecule has 1 heterocycles. The second-order valence-corrected chi connectivity index (χ2v) is 2.55. The predicted octanol–water partition coefficient (Wildman–Crippen LogP) is -0.432. The minimum Gasteiger partial charge on any atom is -0.480 e. The Balaban J connectivity index is 0. The van der Waals surface area contributed by atoms with E-state index >= 15 is 0 Å². The minimum atomic E-state index is -1.11. The molecule has 0 amide bonds. The largest absolute Gasteiger partial charge is 0.480 e. The summed E-state index contributed by atoms with van der Waals surface area (Å²) >= 11 is 0. The SMILES string of the molecule is Cl.Cl.NC(Cc1cc(=O)[nH]cn1)C(=O)O. The Morgan fingerprint density at radius 3 is 2.67 bits per heavy atom. The zero-order valence-corrected chi connectivity index (χ0v) is 9.18. The molecule has 0 spiro atoms. The summed E-state index contributed by atoms with van der Waals surface area (Å²) in [6, 6.07) is 0.206. The third kappa shape index (κ3) is 5.36. The number of carbonyl (C=O) groups is 1. The molecule has 1 unspecified atom stereocenters. The topological polar surface area (TPSA) is 109 Å². The molecule has 0 saturated carbocycles. The molecule has 1 aromatic heterocycles.